The predicted octanol–water partition coefficient (Wildman–Crippen LogP) is 6.83. The zero-order chi connectivity index (χ0) is 29.9. The molecule has 0 aliphatic rings. The first-order valence-corrected chi connectivity index (χ1v) is 13.6. The average molecular weight is 558 g/mol. The van der Waals surface area contributed by atoms with Crippen LogP contribution in [0.25, 0.3) is 22.3 Å². The van der Waals surface area contributed by atoms with Gasteiger partial charge in [-0.1, -0.05) is 46.8 Å². The van der Waals surface area contributed by atoms with Crippen molar-refractivity contribution in [2.75, 3.05) is 27.9 Å². The van der Waals surface area contributed by atoms with E-state index in [4.69, 9.17) is 23.9 Å². The number of fused-ring (bicyclic) bond motifs is 1. The van der Waals surface area contributed by atoms with Gasteiger partial charge in [0.15, 0.2) is 17.3 Å². The third-order valence-corrected chi connectivity index (χ3v) is 6.65. The van der Waals surface area contributed by atoms with Crippen molar-refractivity contribution in [2.24, 2.45) is 10.5 Å². The molecule has 0 fully saturated rings. The molecular formula is C33H39N3O5. The quantitative estimate of drug-likeness (QED) is 0.210. The van der Waals surface area contributed by atoms with Crippen LogP contribution in [-0.4, -0.2) is 43.8 Å². The van der Waals surface area contributed by atoms with Crippen LogP contribution < -0.4 is 24.5 Å². The molecule has 8 nitrogen and oxygen atoms in total. The summed E-state index contributed by atoms with van der Waals surface area (Å²) >= 11 is 0. The fourth-order valence-corrected chi connectivity index (χ4v) is 4.50. The van der Waals surface area contributed by atoms with Crippen LogP contribution in [0.4, 0.5) is 0 Å². The summed E-state index contributed by atoms with van der Waals surface area (Å²) in [6, 6.07) is 14.9. The van der Waals surface area contributed by atoms with Gasteiger partial charge in [-0.2, -0.15) is 9.78 Å². The van der Waals surface area contributed by atoms with Crippen molar-refractivity contribution in [3.63, 3.8) is 0 Å². The number of ether oxygens (including phenoxy) is 4. The Morgan fingerprint density at radius 2 is 1.59 bits per heavy atom. The number of aromatic nitrogens is 2. The van der Waals surface area contributed by atoms with Crippen LogP contribution >= 0.6 is 0 Å². The first-order chi connectivity index (χ1) is 19.5. The summed E-state index contributed by atoms with van der Waals surface area (Å²) in [7, 11) is 4.82. The Hall–Kier alpha value is -4.33. The Balaban J connectivity index is 1.90. The van der Waals surface area contributed by atoms with Crippen LogP contribution in [0.15, 0.2) is 58.4 Å². The minimum Gasteiger partial charge on any atom is -0.496 e. The lowest BCUT2D eigenvalue weighted by molar-refractivity contribution is 0.184. The zero-order valence-corrected chi connectivity index (χ0v) is 25.4. The molecule has 1 aromatic heterocycles. The zero-order valence-electron chi connectivity index (χ0n) is 25.4. The third-order valence-electron chi connectivity index (χ3n) is 6.65. The molecule has 0 bridgehead atoms. The number of nitrogens with zero attached hydrogens (tertiary/aromatic N) is 3. The SMILES string of the molecule is COc1cc(C)c(-c2nc3ccccc3c(=O)n2N=Cc2cc(OC)c(OCC(C)(C)C)c(OC)c2)cc1C(C)C. The lowest BCUT2D eigenvalue weighted by Crippen LogP contribution is -2.21. The third kappa shape index (κ3) is 6.37. The second kappa shape index (κ2) is 12.0. The van der Waals surface area contributed by atoms with E-state index in [2.05, 4.69) is 39.7 Å². The van der Waals surface area contributed by atoms with Crippen molar-refractivity contribution in [1.82, 2.24) is 9.66 Å². The molecule has 0 spiro atoms. The van der Waals surface area contributed by atoms with Gasteiger partial charge < -0.3 is 18.9 Å². The summed E-state index contributed by atoms with van der Waals surface area (Å²) < 4.78 is 24.3. The summed E-state index contributed by atoms with van der Waals surface area (Å²) in [6.45, 7) is 12.9. The van der Waals surface area contributed by atoms with Gasteiger partial charge in [0.2, 0.25) is 5.75 Å². The molecule has 216 valence electrons. The smallest absolute Gasteiger partial charge is 0.282 e. The number of aryl methyl sites for hydroxylation is 1. The Kier molecular flexibility index (Phi) is 8.71. The van der Waals surface area contributed by atoms with E-state index in [1.807, 2.05) is 37.3 Å². The van der Waals surface area contributed by atoms with Gasteiger partial charge in [-0.25, -0.2) is 4.98 Å². The Bertz CT molecular complexity index is 1620. The van der Waals surface area contributed by atoms with Crippen molar-refractivity contribution in [1.29, 1.82) is 0 Å². The van der Waals surface area contributed by atoms with Crippen LogP contribution in [0.1, 0.15) is 57.2 Å². The Morgan fingerprint density at radius 1 is 0.951 bits per heavy atom. The van der Waals surface area contributed by atoms with Crippen molar-refractivity contribution < 1.29 is 18.9 Å². The standard InChI is InChI=1S/C33H39N3O5/c1-20(2)24-17-25(21(3)14-27(24)38-7)31-35-26-13-11-10-12-23(26)32(37)36(31)34-18-22-15-28(39-8)30(29(16-22)40-9)41-19-33(4,5)6/h10-18,20H,19H2,1-9H3. The minimum atomic E-state index is -0.271. The van der Waals surface area contributed by atoms with Crippen LogP contribution in [0, 0.1) is 12.3 Å². The van der Waals surface area contributed by atoms with E-state index in [0.717, 1.165) is 22.4 Å². The topological polar surface area (TPSA) is 84.2 Å². The second-order valence-corrected chi connectivity index (χ2v) is 11.5. The summed E-state index contributed by atoms with van der Waals surface area (Å²) in [4.78, 5) is 18.7. The normalized spacial score (nSPS) is 11.9. The fourth-order valence-electron chi connectivity index (χ4n) is 4.50. The second-order valence-electron chi connectivity index (χ2n) is 11.5. The van der Waals surface area contributed by atoms with Gasteiger partial charge in [-0.3, -0.25) is 4.79 Å². The summed E-state index contributed by atoms with van der Waals surface area (Å²) in [5.41, 5.74) is 3.69. The molecular weight excluding hydrogens is 518 g/mol. The largest absolute Gasteiger partial charge is 0.496 e. The molecule has 1 heterocycles. The highest BCUT2D eigenvalue weighted by atomic mass is 16.5. The molecule has 3 aromatic carbocycles. The van der Waals surface area contributed by atoms with Crippen LogP contribution in [0.5, 0.6) is 23.0 Å². The molecule has 0 aliphatic carbocycles. The van der Waals surface area contributed by atoms with E-state index >= 15 is 0 Å². The van der Waals surface area contributed by atoms with E-state index < -0.39 is 0 Å². The molecule has 0 saturated heterocycles. The monoisotopic (exact) mass is 557 g/mol. The highest BCUT2D eigenvalue weighted by molar-refractivity contribution is 5.84. The fraction of sp³-hybridized carbons (Fsp3) is 0.364. The maximum atomic E-state index is 13.8. The van der Waals surface area contributed by atoms with Gasteiger partial charge in [0.25, 0.3) is 5.56 Å². The summed E-state index contributed by atoms with van der Waals surface area (Å²) in [5.74, 6) is 2.97. The van der Waals surface area contributed by atoms with E-state index in [-0.39, 0.29) is 16.9 Å². The first kappa shape index (κ1) is 29.6. The highest BCUT2D eigenvalue weighted by Gasteiger charge is 2.20. The lowest BCUT2D eigenvalue weighted by Gasteiger charge is -2.21. The average Bonchev–Trinajstić information content (AvgIpc) is 2.94. The maximum Gasteiger partial charge on any atom is 0.282 e. The molecule has 41 heavy (non-hydrogen) atoms. The molecule has 4 aromatic rings. The molecule has 0 radical (unpaired) electrons. The van der Waals surface area contributed by atoms with Gasteiger partial charge >= 0.3 is 0 Å². The van der Waals surface area contributed by atoms with Crippen molar-refractivity contribution in [3.8, 4) is 34.4 Å². The number of rotatable bonds is 9. The van der Waals surface area contributed by atoms with Gasteiger partial charge in [-0.05, 0) is 65.8 Å². The van der Waals surface area contributed by atoms with Gasteiger partial charge in [0.05, 0.1) is 45.1 Å². The van der Waals surface area contributed by atoms with Gasteiger partial charge in [0.1, 0.15) is 5.75 Å². The number of para-hydroxylation sites is 1. The lowest BCUT2D eigenvalue weighted by atomic mass is 9.96. The van der Waals surface area contributed by atoms with E-state index in [0.29, 0.717) is 46.1 Å². The highest BCUT2D eigenvalue weighted by Crippen LogP contribution is 2.39. The Labute approximate surface area is 241 Å². The first-order valence-electron chi connectivity index (χ1n) is 13.6. The van der Waals surface area contributed by atoms with Gasteiger partial charge in [-0.15, -0.1) is 0 Å². The summed E-state index contributed by atoms with van der Waals surface area (Å²) in [5, 5.41) is 5.14. The molecule has 0 aliphatic heterocycles. The predicted molar refractivity (Wildman–Crippen MR) is 164 cm³/mol. The molecule has 0 unspecified atom stereocenters. The van der Waals surface area contributed by atoms with Gasteiger partial charge in [0, 0.05) is 11.1 Å². The number of benzene rings is 3. The van der Waals surface area contributed by atoms with Crippen molar-refractivity contribution in [3.05, 3.63) is 75.6 Å². The van der Waals surface area contributed by atoms with Crippen molar-refractivity contribution >= 4 is 17.1 Å². The molecule has 4 rings (SSSR count). The minimum absolute atomic E-state index is 0.0498. The van der Waals surface area contributed by atoms with E-state index in [9.17, 15) is 4.79 Å². The van der Waals surface area contributed by atoms with Crippen LogP contribution in [0.3, 0.4) is 0 Å². The summed E-state index contributed by atoms with van der Waals surface area (Å²) in [6.07, 6.45) is 1.60. The van der Waals surface area contributed by atoms with Crippen LogP contribution in [0.2, 0.25) is 0 Å². The number of hydrogen-bond donors (Lipinski definition) is 0. The van der Waals surface area contributed by atoms with E-state index in [1.54, 1.807) is 45.7 Å². The van der Waals surface area contributed by atoms with E-state index in [1.165, 1.54) is 4.68 Å². The molecule has 0 amide bonds. The molecule has 0 saturated carbocycles. The Morgan fingerprint density at radius 3 is 2.17 bits per heavy atom. The maximum absolute atomic E-state index is 13.8. The molecule has 0 atom stereocenters. The van der Waals surface area contributed by atoms with Crippen LogP contribution in [-0.2, 0) is 0 Å². The molecule has 8 heteroatoms. The van der Waals surface area contributed by atoms with Crippen molar-refractivity contribution in [2.45, 2.75) is 47.5 Å². The molecule has 0 N–H and O–H groups in total. The number of methoxy groups -OCH3 is 3. The number of hydrogen-bond acceptors (Lipinski definition) is 7.